The molecule has 0 aromatic carbocycles. The molecule has 16 heavy (non-hydrogen) atoms. The van der Waals surface area contributed by atoms with Crippen LogP contribution in [0.15, 0.2) is 18.5 Å². The Morgan fingerprint density at radius 2 is 2.06 bits per heavy atom. The maximum atomic E-state index is 12.9. The number of pyridine rings is 1. The summed E-state index contributed by atoms with van der Waals surface area (Å²) in [5.41, 5.74) is -0.0132. The van der Waals surface area contributed by atoms with E-state index in [0.717, 1.165) is 6.20 Å². The molecule has 0 aliphatic carbocycles. The van der Waals surface area contributed by atoms with Crippen LogP contribution in [0.5, 0.6) is 0 Å². The summed E-state index contributed by atoms with van der Waals surface area (Å²) in [5.74, 6) is -1.34. The number of nitrogens with zero attached hydrogens (tertiary/aromatic N) is 1. The minimum atomic E-state index is -0.536. The minimum Gasteiger partial charge on any atom is -0.460 e. The van der Waals surface area contributed by atoms with Gasteiger partial charge in [-0.05, 0) is 39.3 Å². The first-order valence-electron chi connectivity index (χ1n) is 5.13. The van der Waals surface area contributed by atoms with Gasteiger partial charge in [-0.1, -0.05) is 0 Å². The Morgan fingerprint density at radius 3 is 2.56 bits per heavy atom. The lowest BCUT2D eigenvalue weighted by atomic mass is 10.0. The predicted octanol–water partition coefficient (Wildman–Crippen LogP) is 2.67. The van der Waals surface area contributed by atoms with Crippen LogP contribution in [-0.4, -0.2) is 16.6 Å². The van der Waals surface area contributed by atoms with Crippen molar-refractivity contribution in [3.63, 3.8) is 0 Å². The van der Waals surface area contributed by atoms with Crippen LogP contribution in [0.4, 0.5) is 4.39 Å². The molecule has 0 spiro atoms. The zero-order chi connectivity index (χ0) is 12.3. The fourth-order valence-corrected chi connectivity index (χ4v) is 1.19. The van der Waals surface area contributed by atoms with Crippen molar-refractivity contribution in [2.75, 3.05) is 0 Å². The highest BCUT2D eigenvalue weighted by molar-refractivity contribution is 5.77. The highest BCUT2D eigenvalue weighted by Crippen LogP contribution is 2.19. The number of aromatic nitrogens is 1. The first-order valence-corrected chi connectivity index (χ1v) is 5.13. The maximum absolute atomic E-state index is 12.9. The molecule has 1 atom stereocenters. The van der Waals surface area contributed by atoms with Gasteiger partial charge in [-0.3, -0.25) is 9.78 Å². The molecule has 1 heterocycles. The van der Waals surface area contributed by atoms with Crippen LogP contribution in [0.1, 0.15) is 39.2 Å². The van der Waals surface area contributed by atoms with E-state index in [4.69, 9.17) is 4.74 Å². The van der Waals surface area contributed by atoms with Gasteiger partial charge in [0.15, 0.2) is 0 Å². The average molecular weight is 225 g/mol. The van der Waals surface area contributed by atoms with Crippen molar-refractivity contribution in [3.05, 3.63) is 29.8 Å². The fourth-order valence-electron chi connectivity index (χ4n) is 1.19. The first-order chi connectivity index (χ1) is 7.29. The third kappa shape index (κ3) is 3.61. The Morgan fingerprint density at radius 1 is 1.44 bits per heavy atom. The largest absolute Gasteiger partial charge is 0.460 e. The molecule has 0 amide bonds. The van der Waals surface area contributed by atoms with E-state index in [1.165, 1.54) is 12.3 Å². The molecule has 0 aliphatic rings. The van der Waals surface area contributed by atoms with E-state index >= 15 is 0 Å². The summed E-state index contributed by atoms with van der Waals surface area (Å²) in [5, 5.41) is 0. The van der Waals surface area contributed by atoms with Gasteiger partial charge in [-0.25, -0.2) is 4.39 Å². The highest BCUT2D eigenvalue weighted by Gasteiger charge is 2.23. The summed E-state index contributed by atoms with van der Waals surface area (Å²) >= 11 is 0. The molecule has 1 unspecified atom stereocenters. The molecule has 0 bridgehead atoms. The Kier molecular flexibility index (Phi) is 3.62. The van der Waals surface area contributed by atoms with Gasteiger partial charge in [0.1, 0.15) is 11.4 Å². The molecule has 0 fully saturated rings. The van der Waals surface area contributed by atoms with Gasteiger partial charge in [0, 0.05) is 6.20 Å². The van der Waals surface area contributed by atoms with E-state index in [1.807, 2.05) is 0 Å². The summed E-state index contributed by atoms with van der Waals surface area (Å²) in [4.78, 5) is 15.4. The van der Waals surface area contributed by atoms with E-state index in [0.29, 0.717) is 5.56 Å². The van der Waals surface area contributed by atoms with Gasteiger partial charge >= 0.3 is 5.97 Å². The molecule has 1 rings (SSSR count). The molecular formula is C12H16FNO2. The highest BCUT2D eigenvalue weighted by atomic mass is 19.1. The van der Waals surface area contributed by atoms with Crippen LogP contribution < -0.4 is 0 Å². The SMILES string of the molecule is CC(C(=O)OC(C)(C)C)c1cncc(F)c1. The fraction of sp³-hybridized carbons (Fsp3) is 0.500. The summed E-state index contributed by atoms with van der Waals surface area (Å²) in [6.07, 6.45) is 2.57. The number of ether oxygens (including phenoxy) is 1. The van der Waals surface area contributed by atoms with Gasteiger partial charge < -0.3 is 4.74 Å². The number of hydrogen-bond acceptors (Lipinski definition) is 3. The number of carbonyl (C=O) groups is 1. The molecule has 3 nitrogen and oxygen atoms in total. The van der Waals surface area contributed by atoms with Crippen LogP contribution in [0.25, 0.3) is 0 Å². The van der Waals surface area contributed by atoms with Crippen LogP contribution in [0, 0.1) is 5.82 Å². The summed E-state index contributed by atoms with van der Waals surface area (Å²) < 4.78 is 18.1. The van der Waals surface area contributed by atoms with Crippen LogP contribution in [0.3, 0.4) is 0 Å². The second kappa shape index (κ2) is 4.60. The van der Waals surface area contributed by atoms with Crippen molar-refractivity contribution >= 4 is 5.97 Å². The normalized spacial score (nSPS) is 13.3. The Bertz CT molecular complexity index is 385. The van der Waals surface area contributed by atoms with Crippen molar-refractivity contribution < 1.29 is 13.9 Å². The third-order valence-corrected chi connectivity index (χ3v) is 1.99. The molecule has 1 aromatic rings. The molecular weight excluding hydrogens is 209 g/mol. The number of halogens is 1. The molecule has 0 saturated carbocycles. The summed E-state index contributed by atoms with van der Waals surface area (Å²) in [6, 6.07) is 1.29. The summed E-state index contributed by atoms with van der Waals surface area (Å²) in [7, 11) is 0. The second-order valence-corrected chi connectivity index (χ2v) is 4.69. The Balaban J connectivity index is 2.78. The molecule has 0 N–H and O–H groups in total. The maximum Gasteiger partial charge on any atom is 0.313 e. The number of carbonyl (C=O) groups excluding carboxylic acids is 1. The van der Waals surface area contributed by atoms with Crippen molar-refractivity contribution in [2.24, 2.45) is 0 Å². The lowest BCUT2D eigenvalue weighted by Gasteiger charge is -2.22. The van der Waals surface area contributed by atoms with E-state index in [1.54, 1.807) is 27.7 Å². The van der Waals surface area contributed by atoms with Crippen LogP contribution in [-0.2, 0) is 9.53 Å². The van der Waals surface area contributed by atoms with Gasteiger partial charge in [-0.15, -0.1) is 0 Å². The number of rotatable bonds is 2. The number of hydrogen-bond donors (Lipinski definition) is 0. The Hall–Kier alpha value is -1.45. The van der Waals surface area contributed by atoms with Crippen LogP contribution >= 0.6 is 0 Å². The monoisotopic (exact) mass is 225 g/mol. The number of esters is 1. The van der Waals surface area contributed by atoms with E-state index in [-0.39, 0.29) is 5.97 Å². The lowest BCUT2D eigenvalue weighted by Crippen LogP contribution is -2.26. The zero-order valence-electron chi connectivity index (χ0n) is 9.95. The molecule has 0 saturated heterocycles. The second-order valence-electron chi connectivity index (χ2n) is 4.69. The van der Waals surface area contributed by atoms with E-state index < -0.39 is 17.3 Å². The van der Waals surface area contributed by atoms with Gasteiger partial charge in [0.05, 0.1) is 12.1 Å². The Labute approximate surface area is 94.6 Å². The quantitative estimate of drug-likeness (QED) is 0.726. The molecule has 0 aliphatic heterocycles. The molecule has 1 aromatic heterocycles. The van der Waals surface area contributed by atoms with Gasteiger partial charge in [-0.2, -0.15) is 0 Å². The van der Waals surface area contributed by atoms with Crippen LogP contribution in [0.2, 0.25) is 0 Å². The average Bonchev–Trinajstić information content (AvgIpc) is 2.14. The zero-order valence-corrected chi connectivity index (χ0v) is 9.95. The summed E-state index contributed by atoms with van der Waals surface area (Å²) in [6.45, 7) is 7.05. The minimum absolute atomic E-state index is 0.375. The smallest absolute Gasteiger partial charge is 0.313 e. The van der Waals surface area contributed by atoms with E-state index in [2.05, 4.69) is 4.98 Å². The van der Waals surface area contributed by atoms with Crippen molar-refractivity contribution in [1.82, 2.24) is 4.98 Å². The van der Waals surface area contributed by atoms with Crippen molar-refractivity contribution in [1.29, 1.82) is 0 Å². The molecule has 0 radical (unpaired) electrons. The van der Waals surface area contributed by atoms with Gasteiger partial charge in [0.25, 0.3) is 0 Å². The van der Waals surface area contributed by atoms with Crippen molar-refractivity contribution in [2.45, 2.75) is 39.2 Å². The third-order valence-electron chi connectivity index (χ3n) is 1.99. The van der Waals surface area contributed by atoms with Gasteiger partial charge in [0.2, 0.25) is 0 Å². The topological polar surface area (TPSA) is 39.2 Å². The van der Waals surface area contributed by atoms with E-state index in [9.17, 15) is 9.18 Å². The standard InChI is InChI=1S/C12H16FNO2/c1-8(11(15)16-12(2,3)4)9-5-10(13)7-14-6-9/h5-8H,1-4H3. The predicted molar refractivity (Wildman–Crippen MR) is 58.5 cm³/mol. The first kappa shape index (κ1) is 12.6. The molecule has 88 valence electrons. The molecule has 4 heteroatoms. The van der Waals surface area contributed by atoms with Crippen molar-refractivity contribution in [3.8, 4) is 0 Å². The lowest BCUT2D eigenvalue weighted by molar-refractivity contribution is -0.156.